The summed E-state index contributed by atoms with van der Waals surface area (Å²) in [5.41, 5.74) is 0. The fourth-order valence-electron chi connectivity index (χ4n) is 1.03. The Morgan fingerprint density at radius 2 is 2.08 bits per heavy atom. The molecule has 3 N–H and O–H groups in total. The second-order valence-electron chi connectivity index (χ2n) is 2.44. The van der Waals surface area contributed by atoms with Crippen LogP contribution in [0.25, 0.3) is 0 Å². The highest BCUT2D eigenvalue weighted by Crippen LogP contribution is 2.21. The van der Waals surface area contributed by atoms with Gasteiger partial charge in [0.05, 0.1) is 6.61 Å². The first-order valence-corrected chi connectivity index (χ1v) is 3.44. The third-order valence-corrected chi connectivity index (χ3v) is 1.68. The van der Waals surface area contributed by atoms with Gasteiger partial charge in [-0.05, 0) is 0 Å². The molecule has 4 atom stereocenters. The molecule has 0 saturated carbocycles. The minimum atomic E-state index is -1.21. The van der Waals surface area contributed by atoms with E-state index in [0.717, 1.165) is 0 Å². The molecule has 1 rings (SSSR count). The Morgan fingerprint density at radius 3 is 2.50 bits per heavy atom. The minimum absolute atomic E-state index is 0.386. The van der Waals surface area contributed by atoms with Crippen molar-refractivity contribution in [3.05, 3.63) is 0 Å². The average Bonchev–Trinajstić information content (AvgIpc) is 2.33. The normalized spacial score (nSPS) is 40.8. The van der Waals surface area contributed by atoms with E-state index in [1.807, 2.05) is 6.11 Å². The lowest BCUT2D eigenvalue weighted by Crippen LogP contribution is -2.34. The Hall–Kier alpha value is -0.800. The van der Waals surface area contributed by atoms with Crippen LogP contribution in [0.5, 0.6) is 0 Å². The molecular weight excluding hydrogens is 164 g/mol. The summed E-state index contributed by atoms with van der Waals surface area (Å²) in [5, 5.41) is 27.0. The predicted molar refractivity (Wildman–Crippen MR) is 37.7 cm³/mol. The molecule has 1 saturated heterocycles. The summed E-state index contributed by atoms with van der Waals surface area (Å²) in [5.74, 6) is 0. The van der Waals surface area contributed by atoms with Crippen LogP contribution in [0, 0.1) is 12.5 Å². The van der Waals surface area contributed by atoms with Crippen molar-refractivity contribution in [2.75, 3.05) is 6.61 Å². The molecule has 0 aromatic carbocycles. The zero-order valence-corrected chi connectivity index (χ0v) is 6.25. The Morgan fingerprint density at radius 1 is 1.42 bits per heavy atom. The lowest BCUT2D eigenvalue weighted by atomic mass is 10.1. The van der Waals surface area contributed by atoms with Gasteiger partial charge in [0.15, 0.2) is 0 Å². The molecule has 5 nitrogen and oxygen atoms in total. The Labute approximate surface area is 69.5 Å². The van der Waals surface area contributed by atoms with Gasteiger partial charge in [0.1, 0.15) is 24.4 Å². The number of terminal acetylenes is 1. The number of aliphatic hydroxyl groups is 3. The van der Waals surface area contributed by atoms with E-state index in [2.05, 4.69) is 4.74 Å². The summed E-state index contributed by atoms with van der Waals surface area (Å²) >= 11 is 0. The number of aliphatic hydroxyl groups excluding tert-OH is 3. The van der Waals surface area contributed by atoms with Crippen molar-refractivity contribution in [1.29, 1.82) is 0 Å². The topological polar surface area (TPSA) is 79.2 Å². The van der Waals surface area contributed by atoms with Crippen LogP contribution in [-0.2, 0) is 9.47 Å². The lowest BCUT2D eigenvalue weighted by molar-refractivity contribution is -0.131. The van der Waals surface area contributed by atoms with Crippen molar-refractivity contribution in [2.45, 2.75) is 24.6 Å². The molecule has 0 radical (unpaired) electrons. The molecule has 0 spiro atoms. The Balaban J connectivity index is 2.55. The van der Waals surface area contributed by atoms with Crippen LogP contribution in [-0.4, -0.2) is 46.5 Å². The minimum Gasteiger partial charge on any atom is -0.412 e. The second-order valence-corrected chi connectivity index (χ2v) is 2.44. The SMILES string of the molecule is C#COC1O[C@H](CO)[C@H](O)[C@H]1O. The van der Waals surface area contributed by atoms with Gasteiger partial charge in [-0.15, -0.1) is 0 Å². The smallest absolute Gasteiger partial charge is 0.239 e. The number of ether oxygens (including phenoxy) is 2. The second kappa shape index (κ2) is 3.74. The van der Waals surface area contributed by atoms with Crippen molar-refractivity contribution in [1.82, 2.24) is 0 Å². The van der Waals surface area contributed by atoms with Crippen molar-refractivity contribution in [3.63, 3.8) is 0 Å². The van der Waals surface area contributed by atoms with E-state index in [-0.39, 0.29) is 6.61 Å². The first-order valence-electron chi connectivity index (χ1n) is 3.44. The van der Waals surface area contributed by atoms with E-state index in [9.17, 15) is 10.2 Å². The average molecular weight is 174 g/mol. The Bertz CT molecular complexity index is 187. The van der Waals surface area contributed by atoms with E-state index >= 15 is 0 Å². The maximum atomic E-state index is 9.18. The summed E-state index contributed by atoms with van der Waals surface area (Å²) in [4.78, 5) is 0. The van der Waals surface area contributed by atoms with Gasteiger partial charge in [-0.1, -0.05) is 6.42 Å². The van der Waals surface area contributed by atoms with E-state index in [1.165, 1.54) is 0 Å². The summed E-state index contributed by atoms with van der Waals surface area (Å²) in [6, 6.07) is 0. The lowest BCUT2D eigenvalue weighted by Gasteiger charge is -2.10. The summed E-state index contributed by atoms with van der Waals surface area (Å²) in [6.07, 6.45) is 2.37. The van der Waals surface area contributed by atoms with Gasteiger partial charge >= 0.3 is 0 Å². The van der Waals surface area contributed by atoms with E-state index in [4.69, 9.17) is 16.3 Å². The summed E-state index contributed by atoms with van der Waals surface area (Å²) < 4.78 is 9.36. The van der Waals surface area contributed by atoms with Crippen molar-refractivity contribution >= 4 is 0 Å². The molecule has 12 heavy (non-hydrogen) atoms. The van der Waals surface area contributed by atoms with Gasteiger partial charge < -0.3 is 24.8 Å². The molecule has 1 fully saturated rings. The molecule has 1 aliphatic heterocycles. The van der Waals surface area contributed by atoms with Gasteiger partial charge in [-0.2, -0.15) is 0 Å². The van der Waals surface area contributed by atoms with Gasteiger partial charge in [-0.3, -0.25) is 0 Å². The Kier molecular flexibility index (Phi) is 2.89. The fraction of sp³-hybridized carbons (Fsp3) is 0.714. The van der Waals surface area contributed by atoms with Crippen LogP contribution < -0.4 is 0 Å². The maximum Gasteiger partial charge on any atom is 0.239 e. The molecule has 5 heteroatoms. The van der Waals surface area contributed by atoms with Gasteiger partial charge in [-0.25, -0.2) is 0 Å². The van der Waals surface area contributed by atoms with E-state index in [0.29, 0.717) is 0 Å². The molecule has 0 aliphatic carbocycles. The van der Waals surface area contributed by atoms with Crippen LogP contribution in [0.3, 0.4) is 0 Å². The van der Waals surface area contributed by atoms with Crippen LogP contribution in [0.15, 0.2) is 0 Å². The third-order valence-electron chi connectivity index (χ3n) is 1.68. The largest absolute Gasteiger partial charge is 0.412 e. The maximum absolute atomic E-state index is 9.18. The molecular formula is C7H10O5. The molecule has 0 aromatic rings. The molecule has 0 aromatic heterocycles. The van der Waals surface area contributed by atoms with Crippen LogP contribution in [0.2, 0.25) is 0 Å². The van der Waals surface area contributed by atoms with E-state index < -0.39 is 24.6 Å². The standard InChI is InChI=1S/C7H10O5/c1-2-11-7-6(10)5(9)4(3-8)12-7/h1,4-10H,3H2/t4-,5+,6-,7?/m1/s1. The molecule has 68 valence electrons. The number of hydrogen-bond donors (Lipinski definition) is 3. The zero-order valence-electron chi connectivity index (χ0n) is 6.25. The fourth-order valence-corrected chi connectivity index (χ4v) is 1.03. The van der Waals surface area contributed by atoms with E-state index in [1.54, 1.807) is 0 Å². The quantitative estimate of drug-likeness (QED) is 0.423. The van der Waals surface area contributed by atoms with Crippen molar-refractivity contribution in [3.8, 4) is 12.5 Å². The van der Waals surface area contributed by atoms with Crippen molar-refractivity contribution < 1.29 is 24.8 Å². The highest BCUT2D eigenvalue weighted by atomic mass is 16.7. The molecule has 1 heterocycles. The van der Waals surface area contributed by atoms with Gasteiger partial charge in [0.2, 0.25) is 6.29 Å². The number of hydrogen-bond acceptors (Lipinski definition) is 5. The monoisotopic (exact) mass is 174 g/mol. The first kappa shape index (κ1) is 9.29. The van der Waals surface area contributed by atoms with Gasteiger partial charge in [0, 0.05) is 0 Å². The predicted octanol–water partition coefficient (Wildman–Crippen LogP) is -1.97. The van der Waals surface area contributed by atoms with Crippen LogP contribution >= 0.6 is 0 Å². The summed E-state index contributed by atoms with van der Waals surface area (Å²) in [7, 11) is 0. The van der Waals surface area contributed by atoms with Crippen molar-refractivity contribution in [2.24, 2.45) is 0 Å². The third kappa shape index (κ3) is 1.52. The molecule has 0 bridgehead atoms. The first-order chi connectivity index (χ1) is 5.70. The molecule has 0 amide bonds. The highest BCUT2D eigenvalue weighted by Gasteiger charge is 2.43. The van der Waals surface area contributed by atoms with Crippen LogP contribution in [0.1, 0.15) is 0 Å². The molecule has 1 unspecified atom stereocenters. The number of rotatable bonds is 2. The van der Waals surface area contributed by atoms with Crippen LogP contribution in [0.4, 0.5) is 0 Å². The molecule has 1 aliphatic rings. The van der Waals surface area contributed by atoms with Gasteiger partial charge in [0.25, 0.3) is 0 Å². The zero-order chi connectivity index (χ0) is 9.14. The summed E-state index contributed by atoms with van der Waals surface area (Å²) in [6.45, 7) is -0.386. The highest BCUT2D eigenvalue weighted by molar-refractivity contribution is 4.88.